The van der Waals surface area contributed by atoms with E-state index < -0.39 is 47.7 Å². The zero-order valence-electron chi connectivity index (χ0n) is 25.2. The first-order valence-corrected chi connectivity index (χ1v) is 15.2. The quantitative estimate of drug-likeness (QED) is 0.202. The van der Waals surface area contributed by atoms with Gasteiger partial charge in [-0.2, -0.15) is 0 Å². The third-order valence-corrected chi connectivity index (χ3v) is 9.01. The molecule has 3 aliphatic rings. The molecule has 0 unspecified atom stereocenters. The number of allylic oxidation sites excluding steroid dienone is 1. The molecule has 2 N–H and O–H groups in total. The lowest BCUT2D eigenvalue weighted by atomic mass is 9.70. The molecule has 0 radical (unpaired) electrons. The second-order valence-corrected chi connectivity index (χ2v) is 11.7. The summed E-state index contributed by atoms with van der Waals surface area (Å²) in [5, 5.41) is 13.2. The van der Waals surface area contributed by atoms with Crippen LogP contribution in [0, 0.1) is 17.8 Å². The Hall–Kier alpha value is -2.72. The molecule has 10 heteroatoms. The van der Waals surface area contributed by atoms with Crippen LogP contribution in [0.3, 0.4) is 0 Å². The van der Waals surface area contributed by atoms with Crippen molar-refractivity contribution in [2.45, 2.75) is 103 Å². The zero-order chi connectivity index (χ0) is 30.3. The van der Waals surface area contributed by atoms with Crippen molar-refractivity contribution in [1.29, 1.82) is 0 Å². The molecule has 0 aromatic carbocycles. The maximum absolute atomic E-state index is 14.3. The largest absolute Gasteiger partial charge is 0.460 e. The second kappa shape index (κ2) is 14.4. The number of esters is 1. The number of rotatable bonds is 17. The molecule has 41 heavy (non-hydrogen) atoms. The number of fused-ring (bicyclic) bond motifs is 1. The van der Waals surface area contributed by atoms with E-state index in [1.165, 1.54) is 4.90 Å². The molecular formula is C31H49N3O7. The van der Waals surface area contributed by atoms with Crippen LogP contribution in [0.5, 0.6) is 0 Å². The fourth-order valence-electron chi connectivity index (χ4n) is 6.68. The van der Waals surface area contributed by atoms with E-state index in [2.05, 4.69) is 18.5 Å². The Kier molecular flexibility index (Phi) is 11.6. The molecule has 3 amide bonds. The number of carbonyl (C=O) groups is 4. The number of ether oxygens (including phenoxy) is 2. The van der Waals surface area contributed by atoms with Gasteiger partial charge < -0.3 is 29.7 Å². The van der Waals surface area contributed by atoms with Crippen molar-refractivity contribution in [3.63, 3.8) is 0 Å². The van der Waals surface area contributed by atoms with E-state index >= 15 is 0 Å². The van der Waals surface area contributed by atoms with Gasteiger partial charge >= 0.3 is 5.97 Å². The lowest BCUT2D eigenvalue weighted by Gasteiger charge is -2.41. The highest BCUT2D eigenvalue weighted by Crippen LogP contribution is 2.59. The van der Waals surface area contributed by atoms with Crippen molar-refractivity contribution in [3.05, 3.63) is 25.3 Å². The minimum absolute atomic E-state index is 0.0784. The molecular weight excluding hydrogens is 526 g/mol. The number of hydrogen-bond acceptors (Lipinski definition) is 7. The van der Waals surface area contributed by atoms with E-state index in [1.54, 1.807) is 24.0 Å². The van der Waals surface area contributed by atoms with Gasteiger partial charge in [0.1, 0.15) is 17.7 Å². The average Bonchev–Trinajstić information content (AvgIpc) is 3.60. The van der Waals surface area contributed by atoms with Crippen molar-refractivity contribution < 1.29 is 33.8 Å². The zero-order valence-corrected chi connectivity index (χ0v) is 25.2. The van der Waals surface area contributed by atoms with Gasteiger partial charge in [0.05, 0.1) is 37.1 Å². The van der Waals surface area contributed by atoms with Crippen LogP contribution in [0.25, 0.3) is 0 Å². The van der Waals surface area contributed by atoms with E-state index in [0.29, 0.717) is 45.2 Å². The maximum Gasteiger partial charge on any atom is 0.312 e. The van der Waals surface area contributed by atoms with Gasteiger partial charge in [0.2, 0.25) is 17.7 Å². The summed E-state index contributed by atoms with van der Waals surface area (Å²) in [4.78, 5) is 57.4. The van der Waals surface area contributed by atoms with Crippen molar-refractivity contribution in [2.24, 2.45) is 17.8 Å². The number of amides is 3. The number of likely N-dealkylation sites (tertiary alicyclic amines) is 1. The van der Waals surface area contributed by atoms with Gasteiger partial charge in [-0.25, -0.2) is 0 Å². The summed E-state index contributed by atoms with van der Waals surface area (Å²) >= 11 is 0. The summed E-state index contributed by atoms with van der Waals surface area (Å²) in [6, 6.07) is -1.55. The van der Waals surface area contributed by atoms with Gasteiger partial charge in [-0.1, -0.05) is 45.8 Å². The summed E-state index contributed by atoms with van der Waals surface area (Å²) in [5.41, 5.74) is -1.17. The minimum Gasteiger partial charge on any atom is -0.460 e. The van der Waals surface area contributed by atoms with Crippen LogP contribution >= 0.6 is 0 Å². The first-order valence-electron chi connectivity index (χ1n) is 15.2. The molecule has 0 aromatic heterocycles. The highest BCUT2D eigenvalue weighted by atomic mass is 16.6. The number of nitrogens with zero attached hydrogens (tertiary/aromatic N) is 2. The molecule has 8 atom stereocenters. The predicted molar refractivity (Wildman–Crippen MR) is 154 cm³/mol. The van der Waals surface area contributed by atoms with Crippen molar-refractivity contribution in [2.75, 3.05) is 26.2 Å². The fraction of sp³-hybridized carbons (Fsp3) is 0.742. The number of aliphatic hydroxyl groups excluding tert-OH is 1. The van der Waals surface area contributed by atoms with Crippen molar-refractivity contribution >= 4 is 23.7 Å². The van der Waals surface area contributed by atoms with Gasteiger partial charge in [-0.15, -0.1) is 13.2 Å². The third-order valence-electron chi connectivity index (χ3n) is 9.01. The molecule has 2 bridgehead atoms. The van der Waals surface area contributed by atoms with E-state index in [-0.39, 0.29) is 36.8 Å². The summed E-state index contributed by atoms with van der Waals surface area (Å²) in [6.45, 7) is 15.8. The van der Waals surface area contributed by atoms with E-state index in [0.717, 1.165) is 12.8 Å². The third kappa shape index (κ3) is 6.53. The van der Waals surface area contributed by atoms with Gasteiger partial charge in [0, 0.05) is 19.5 Å². The standard InChI is InChI=1S/C31H49N3O7/c1-7-11-13-24(36)32-18-21(6)40-30(39)25-23-14-15-31(41-23)26(25)28(37)34(22(19-35)20(5)10-4)27(31)29(38)33(16-9-3)17-12-8-2/h7,9,20-23,25-27,35H,1,3,8,10-19H2,2,4-6H3,(H,32,36)/t20-,21+,22-,23-,25+,26+,27-,31+/m0/s1. The first-order chi connectivity index (χ1) is 19.6. The Morgan fingerprint density at radius 1 is 1.27 bits per heavy atom. The molecule has 10 nitrogen and oxygen atoms in total. The Bertz CT molecular complexity index is 987. The molecule has 0 aromatic rings. The Morgan fingerprint density at radius 3 is 2.61 bits per heavy atom. The Balaban J connectivity index is 1.91. The van der Waals surface area contributed by atoms with Crippen molar-refractivity contribution in [1.82, 2.24) is 15.1 Å². The highest BCUT2D eigenvalue weighted by Gasteiger charge is 2.75. The SMILES string of the molecule is C=CCCC(=O)NC[C@@H](C)OC(=O)[C@@H]1[C@@H]2CC[C@]3(O2)[C@H](C(=O)N(CC=C)CCCC)N([C@@H](CO)[C@@H](C)CC)C(=O)[C@@H]13. The number of aliphatic hydroxyl groups is 1. The topological polar surface area (TPSA) is 125 Å². The lowest BCUT2D eigenvalue weighted by Crippen LogP contribution is -2.59. The van der Waals surface area contributed by atoms with Crippen LogP contribution in [-0.4, -0.2) is 94.7 Å². The molecule has 3 heterocycles. The molecule has 1 spiro atoms. The average molecular weight is 576 g/mol. The van der Waals surface area contributed by atoms with Crippen LogP contribution in [0.4, 0.5) is 0 Å². The van der Waals surface area contributed by atoms with Gasteiger partial charge in [0.25, 0.3) is 0 Å². The predicted octanol–water partition coefficient (Wildman–Crippen LogP) is 2.60. The molecule has 230 valence electrons. The lowest BCUT2D eigenvalue weighted by molar-refractivity contribution is -0.160. The number of carbonyl (C=O) groups excluding carboxylic acids is 4. The van der Waals surface area contributed by atoms with E-state index in [9.17, 15) is 24.3 Å². The Labute approximate surface area is 244 Å². The molecule has 3 aliphatic heterocycles. The van der Waals surface area contributed by atoms with Crippen LogP contribution in [0.15, 0.2) is 25.3 Å². The van der Waals surface area contributed by atoms with Crippen LogP contribution in [0.1, 0.15) is 72.6 Å². The maximum atomic E-state index is 14.3. The highest BCUT2D eigenvalue weighted by molar-refractivity contribution is 5.98. The van der Waals surface area contributed by atoms with Crippen LogP contribution < -0.4 is 5.32 Å². The summed E-state index contributed by atoms with van der Waals surface area (Å²) in [6.07, 6.45) is 6.42. The first kappa shape index (κ1) is 32.8. The number of hydrogen-bond donors (Lipinski definition) is 2. The van der Waals surface area contributed by atoms with Crippen LogP contribution in [0.2, 0.25) is 0 Å². The fourth-order valence-corrected chi connectivity index (χ4v) is 6.68. The summed E-state index contributed by atoms with van der Waals surface area (Å²) < 4.78 is 12.3. The molecule has 3 fully saturated rings. The van der Waals surface area contributed by atoms with Crippen LogP contribution in [-0.2, 0) is 28.7 Å². The summed E-state index contributed by atoms with van der Waals surface area (Å²) in [5.74, 6) is -3.13. The van der Waals surface area contributed by atoms with Gasteiger partial charge in [0.15, 0.2) is 0 Å². The Morgan fingerprint density at radius 2 is 2.00 bits per heavy atom. The monoisotopic (exact) mass is 575 g/mol. The molecule has 0 saturated carbocycles. The molecule has 3 rings (SSSR count). The van der Waals surface area contributed by atoms with E-state index in [4.69, 9.17) is 9.47 Å². The molecule has 0 aliphatic carbocycles. The second-order valence-electron chi connectivity index (χ2n) is 11.7. The normalized spacial score (nSPS) is 28.5. The minimum atomic E-state index is -1.17. The number of unbranched alkanes of at least 4 members (excludes halogenated alkanes) is 1. The van der Waals surface area contributed by atoms with Crippen molar-refractivity contribution in [3.8, 4) is 0 Å². The van der Waals surface area contributed by atoms with E-state index in [1.807, 2.05) is 20.8 Å². The smallest absolute Gasteiger partial charge is 0.312 e. The number of nitrogens with one attached hydrogen (secondary N) is 1. The van der Waals surface area contributed by atoms with Gasteiger partial charge in [-0.05, 0) is 38.5 Å². The molecule has 3 saturated heterocycles. The van der Waals surface area contributed by atoms with Gasteiger partial charge in [-0.3, -0.25) is 19.2 Å². The summed E-state index contributed by atoms with van der Waals surface area (Å²) in [7, 11) is 0.